The van der Waals surface area contributed by atoms with Crippen molar-refractivity contribution >= 4 is 5.97 Å². The highest BCUT2D eigenvalue weighted by Gasteiger charge is 2.23. The lowest BCUT2D eigenvalue weighted by Gasteiger charge is -2.22. The summed E-state index contributed by atoms with van der Waals surface area (Å²) in [4.78, 5) is 11.4. The van der Waals surface area contributed by atoms with E-state index in [1.54, 1.807) is 18.2 Å². The van der Waals surface area contributed by atoms with Gasteiger partial charge in [0.2, 0.25) is 0 Å². The average Bonchev–Trinajstić information content (AvgIpc) is 2.28. The van der Waals surface area contributed by atoms with Gasteiger partial charge in [-0.25, -0.2) is 4.79 Å². The van der Waals surface area contributed by atoms with Crippen molar-refractivity contribution in [3.05, 3.63) is 42.0 Å². The van der Waals surface area contributed by atoms with Crippen LogP contribution in [0.5, 0.6) is 5.75 Å². The number of para-hydroxylation sites is 1. The van der Waals surface area contributed by atoms with Crippen LogP contribution in [0.2, 0.25) is 0 Å². The van der Waals surface area contributed by atoms with E-state index in [0.29, 0.717) is 5.56 Å². The molecule has 3 nitrogen and oxygen atoms in total. The molecule has 0 saturated carbocycles. The molecule has 0 saturated heterocycles. The van der Waals surface area contributed by atoms with E-state index < -0.39 is 11.4 Å². The molecule has 0 aliphatic rings. The maximum absolute atomic E-state index is 11.4. The molecule has 86 valence electrons. The van der Waals surface area contributed by atoms with Crippen LogP contribution in [0.25, 0.3) is 0 Å². The van der Waals surface area contributed by atoms with E-state index in [9.17, 15) is 9.90 Å². The Morgan fingerprint density at radius 1 is 1.50 bits per heavy atom. The first kappa shape index (κ1) is 12.3. The second kappa shape index (κ2) is 4.39. The van der Waals surface area contributed by atoms with E-state index in [0.717, 1.165) is 0 Å². The summed E-state index contributed by atoms with van der Waals surface area (Å²) < 4.78 is 4.59. The Bertz CT molecular complexity index is 419. The molecule has 0 aliphatic heterocycles. The average molecular weight is 220 g/mol. The first-order chi connectivity index (χ1) is 7.44. The first-order valence-corrected chi connectivity index (χ1v) is 4.98. The van der Waals surface area contributed by atoms with Crippen molar-refractivity contribution in [1.29, 1.82) is 0 Å². The molecule has 0 atom stereocenters. The van der Waals surface area contributed by atoms with Crippen molar-refractivity contribution in [2.45, 2.75) is 19.3 Å². The molecule has 1 N–H and O–H groups in total. The Hall–Kier alpha value is -1.77. The van der Waals surface area contributed by atoms with Crippen LogP contribution < -0.4 is 0 Å². The lowest BCUT2D eigenvalue weighted by atomic mass is 9.83. The van der Waals surface area contributed by atoms with Gasteiger partial charge >= 0.3 is 5.97 Å². The number of allylic oxidation sites excluding steroid dienone is 1. The van der Waals surface area contributed by atoms with E-state index in [4.69, 9.17) is 0 Å². The minimum atomic E-state index is -0.542. The minimum Gasteiger partial charge on any atom is -0.507 e. The summed E-state index contributed by atoms with van der Waals surface area (Å²) in [5, 5.41) is 10.0. The summed E-state index contributed by atoms with van der Waals surface area (Å²) in [6, 6.07) is 5.01. The molecule has 0 unspecified atom stereocenters. The molecular weight excluding hydrogens is 204 g/mol. The maximum atomic E-state index is 11.4. The van der Waals surface area contributed by atoms with Gasteiger partial charge in [0.15, 0.2) is 0 Å². The second-order valence-electron chi connectivity index (χ2n) is 4.12. The normalized spacial score (nSPS) is 10.9. The quantitative estimate of drug-likeness (QED) is 0.629. The minimum absolute atomic E-state index is 0.0424. The Balaban J connectivity index is 3.35. The Morgan fingerprint density at radius 3 is 2.62 bits per heavy atom. The zero-order chi connectivity index (χ0) is 12.3. The number of carbonyl (C=O) groups excluding carboxylic acids is 1. The molecule has 16 heavy (non-hydrogen) atoms. The van der Waals surface area contributed by atoms with Gasteiger partial charge in [0.1, 0.15) is 11.3 Å². The fraction of sp³-hybridized carbons (Fsp3) is 0.308. The van der Waals surface area contributed by atoms with Gasteiger partial charge in [0.25, 0.3) is 0 Å². The lowest BCUT2D eigenvalue weighted by molar-refractivity contribution is 0.0597. The summed E-state index contributed by atoms with van der Waals surface area (Å²) in [5.74, 6) is -0.585. The van der Waals surface area contributed by atoms with Crippen LogP contribution in [-0.4, -0.2) is 18.2 Å². The highest BCUT2D eigenvalue weighted by Crippen LogP contribution is 2.34. The molecule has 1 aromatic rings. The van der Waals surface area contributed by atoms with Crippen LogP contribution in [0, 0.1) is 0 Å². The number of carbonyl (C=O) groups is 1. The maximum Gasteiger partial charge on any atom is 0.341 e. The van der Waals surface area contributed by atoms with Crippen molar-refractivity contribution in [3.8, 4) is 5.75 Å². The van der Waals surface area contributed by atoms with Gasteiger partial charge in [-0.2, -0.15) is 0 Å². The van der Waals surface area contributed by atoms with Gasteiger partial charge in [-0.15, -0.1) is 6.58 Å². The second-order valence-corrected chi connectivity index (χ2v) is 4.12. The van der Waals surface area contributed by atoms with Crippen LogP contribution in [-0.2, 0) is 10.2 Å². The Labute approximate surface area is 95.4 Å². The van der Waals surface area contributed by atoms with Crippen molar-refractivity contribution in [1.82, 2.24) is 0 Å². The molecule has 3 heteroatoms. The number of methoxy groups -OCH3 is 1. The fourth-order valence-corrected chi connectivity index (χ4v) is 1.45. The summed E-state index contributed by atoms with van der Waals surface area (Å²) in [7, 11) is 1.28. The summed E-state index contributed by atoms with van der Waals surface area (Å²) in [5.41, 5.74) is 0.439. The number of phenols is 1. The molecule has 0 aliphatic carbocycles. The van der Waals surface area contributed by atoms with E-state index in [1.165, 1.54) is 13.2 Å². The molecular formula is C13H16O3. The standard InChI is InChI=1S/C13H16O3/c1-5-13(2,3)10-8-6-7-9(11(10)14)12(15)16-4/h5-8,14H,1H2,2-4H3. The number of ether oxygens (including phenoxy) is 1. The number of hydrogen-bond acceptors (Lipinski definition) is 3. The SMILES string of the molecule is C=CC(C)(C)c1cccc(C(=O)OC)c1O. The van der Waals surface area contributed by atoms with Gasteiger partial charge in [0, 0.05) is 11.0 Å². The largest absolute Gasteiger partial charge is 0.507 e. The predicted octanol–water partition coefficient (Wildman–Crippen LogP) is 2.64. The number of esters is 1. The molecule has 0 aromatic heterocycles. The third-order valence-corrected chi connectivity index (χ3v) is 2.65. The zero-order valence-corrected chi connectivity index (χ0v) is 9.78. The smallest absolute Gasteiger partial charge is 0.341 e. The molecule has 0 fully saturated rings. The number of hydrogen-bond donors (Lipinski definition) is 1. The summed E-state index contributed by atoms with van der Waals surface area (Å²) in [6.07, 6.45) is 1.73. The molecule has 1 rings (SSSR count). The van der Waals surface area contributed by atoms with Crippen molar-refractivity contribution in [2.75, 3.05) is 7.11 Å². The van der Waals surface area contributed by atoms with E-state index in [2.05, 4.69) is 11.3 Å². The van der Waals surface area contributed by atoms with Crippen LogP contribution in [0.15, 0.2) is 30.9 Å². The first-order valence-electron chi connectivity index (χ1n) is 4.98. The molecule has 0 heterocycles. The van der Waals surface area contributed by atoms with Crippen LogP contribution >= 0.6 is 0 Å². The monoisotopic (exact) mass is 220 g/mol. The van der Waals surface area contributed by atoms with Crippen LogP contribution in [0.1, 0.15) is 29.8 Å². The van der Waals surface area contributed by atoms with Gasteiger partial charge in [-0.05, 0) is 6.07 Å². The fourth-order valence-electron chi connectivity index (χ4n) is 1.45. The Kier molecular flexibility index (Phi) is 3.38. The summed E-state index contributed by atoms with van der Waals surface area (Å²) >= 11 is 0. The number of phenolic OH excluding ortho intramolecular Hbond substituents is 1. The molecule has 0 amide bonds. The van der Waals surface area contributed by atoms with Gasteiger partial charge in [0.05, 0.1) is 7.11 Å². The van der Waals surface area contributed by atoms with Crippen LogP contribution in [0.3, 0.4) is 0 Å². The third kappa shape index (κ3) is 2.08. The zero-order valence-electron chi connectivity index (χ0n) is 9.78. The molecule has 0 bridgehead atoms. The number of rotatable bonds is 3. The van der Waals surface area contributed by atoms with Crippen LogP contribution in [0.4, 0.5) is 0 Å². The van der Waals surface area contributed by atoms with E-state index >= 15 is 0 Å². The van der Waals surface area contributed by atoms with E-state index in [1.807, 2.05) is 13.8 Å². The molecule has 1 aromatic carbocycles. The summed E-state index contributed by atoms with van der Waals surface area (Å²) in [6.45, 7) is 7.54. The third-order valence-electron chi connectivity index (χ3n) is 2.65. The molecule has 0 radical (unpaired) electrons. The topological polar surface area (TPSA) is 46.5 Å². The highest BCUT2D eigenvalue weighted by atomic mass is 16.5. The van der Waals surface area contributed by atoms with E-state index in [-0.39, 0.29) is 11.3 Å². The van der Waals surface area contributed by atoms with Gasteiger partial charge in [-0.3, -0.25) is 0 Å². The number of benzene rings is 1. The molecule has 0 spiro atoms. The van der Waals surface area contributed by atoms with Gasteiger partial charge in [-0.1, -0.05) is 32.1 Å². The highest BCUT2D eigenvalue weighted by molar-refractivity contribution is 5.92. The van der Waals surface area contributed by atoms with Crippen molar-refractivity contribution < 1.29 is 14.6 Å². The predicted molar refractivity (Wildman–Crippen MR) is 62.7 cm³/mol. The Morgan fingerprint density at radius 2 is 2.12 bits per heavy atom. The van der Waals surface area contributed by atoms with Gasteiger partial charge < -0.3 is 9.84 Å². The lowest BCUT2D eigenvalue weighted by Crippen LogP contribution is -2.15. The van der Waals surface area contributed by atoms with Crippen molar-refractivity contribution in [2.24, 2.45) is 0 Å². The number of aromatic hydroxyl groups is 1. The van der Waals surface area contributed by atoms with Crippen molar-refractivity contribution in [3.63, 3.8) is 0 Å².